The second-order valence-corrected chi connectivity index (χ2v) is 13.1. The molecule has 52 heavy (non-hydrogen) atoms. The van der Waals surface area contributed by atoms with Crippen molar-refractivity contribution in [2.75, 3.05) is 40.0 Å². The van der Waals surface area contributed by atoms with Crippen molar-refractivity contribution in [1.82, 2.24) is 16.0 Å². The minimum absolute atomic E-state index is 0.0930. The lowest BCUT2D eigenvalue weighted by atomic mass is 10.0. The molecule has 0 radical (unpaired) electrons. The van der Waals surface area contributed by atoms with E-state index in [9.17, 15) is 34.2 Å². The van der Waals surface area contributed by atoms with Gasteiger partial charge in [0.25, 0.3) is 11.8 Å². The third-order valence-corrected chi connectivity index (χ3v) is 7.56. The van der Waals surface area contributed by atoms with Crippen molar-refractivity contribution in [3.8, 4) is 17.2 Å². The van der Waals surface area contributed by atoms with Crippen LogP contribution >= 0.6 is 23.2 Å². The number of rotatable bonds is 17. The fourth-order valence-corrected chi connectivity index (χ4v) is 5.25. The van der Waals surface area contributed by atoms with E-state index < -0.39 is 42.1 Å². The number of alkyl carbamates (subject to hydrolysis) is 1. The van der Waals surface area contributed by atoms with Gasteiger partial charge in [0.2, 0.25) is 0 Å². The van der Waals surface area contributed by atoms with Crippen LogP contribution in [0.15, 0.2) is 54.6 Å². The van der Waals surface area contributed by atoms with Crippen LogP contribution in [0.1, 0.15) is 63.8 Å². The number of phenolic OH excluding ortho intramolecular Hbond substituents is 2. The molecule has 280 valence electrons. The van der Waals surface area contributed by atoms with Gasteiger partial charge in [0.15, 0.2) is 5.78 Å². The Morgan fingerprint density at radius 1 is 0.827 bits per heavy atom. The number of carbonyl (C=O) groups excluding carboxylic acids is 5. The number of ketones is 1. The van der Waals surface area contributed by atoms with Crippen molar-refractivity contribution < 1.29 is 53.1 Å². The molecule has 0 spiro atoms. The van der Waals surface area contributed by atoms with Gasteiger partial charge in [-0.1, -0.05) is 35.3 Å². The fraction of sp³-hybridized carbons (Fsp3) is 0.361. The summed E-state index contributed by atoms with van der Waals surface area (Å²) in [6.07, 6.45) is -0.0527. The Morgan fingerprint density at radius 2 is 1.50 bits per heavy atom. The first-order chi connectivity index (χ1) is 24.6. The number of aromatic hydroxyl groups is 2. The number of aryl methyl sites for hydroxylation is 1. The summed E-state index contributed by atoms with van der Waals surface area (Å²) in [5, 5.41) is 26.4. The number of methoxy groups -OCH3 is 1. The molecule has 0 aliphatic heterocycles. The van der Waals surface area contributed by atoms with E-state index in [1.165, 1.54) is 12.1 Å². The standard InChI is InChI=1S/C36H41Cl2N3O11/c1-36(2,3)52-35(48)39-10-11-50-12-13-51-26-7-5-6-21(14-26)8-9-30(44)22-17-27(37)31(28(38)18-22)33(46)41-29(34(47)49-4)20-40-32(45)23-15-24(42)19-25(43)16-23/h5-7,14-19,29,42-43H,8-13,20H2,1-4H3,(H,39,48)(H,40,45)(H,41,46)/t29-/m0/s1. The molecule has 3 aromatic carbocycles. The number of hydrogen-bond acceptors (Lipinski definition) is 11. The maximum Gasteiger partial charge on any atom is 0.407 e. The van der Waals surface area contributed by atoms with Gasteiger partial charge in [0.1, 0.15) is 35.5 Å². The first-order valence-corrected chi connectivity index (χ1v) is 16.8. The molecule has 0 bridgehead atoms. The summed E-state index contributed by atoms with van der Waals surface area (Å²) in [7, 11) is 1.09. The Labute approximate surface area is 310 Å². The van der Waals surface area contributed by atoms with E-state index in [0.29, 0.717) is 25.3 Å². The number of esters is 1. The summed E-state index contributed by atoms with van der Waals surface area (Å²) in [5.74, 6) is -2.91. The fourth-order valence-electron chi connectivity index (χ4n) is 4.59. The number of amides is 3. The highest BCUT2D eigenvalue weighted by Crippen LogP contribution is 2.28. The maximum atomic E-state index is 13.2. The van der Waals surface area contributed by atoms with E-state index >= 15 is 0 Å². The van der Waals surface area contributed by atoms with Gasteiger partial charge < -0.3 is 45.1 Å². The van der Waals surface area contributed by atoms with Crippen LogP contribution in [-0.2, 0) is 25.4 Å². The highest BCUT2D eigenvalue weighted by molar-refractivity contribution is 6.40. The van der Waals surface area contributed by atoms with Crippen LogP contribution in [-0.4, -0.2) is 91.5 Å². The molecular formula is C36H41Cl2N3O11. The smallest absolute Gasteiger partial charge is 0.407 e. The lowest BCUT2D eigenvalue weighted by Crippen LogP contribution is -2.49. The zero-order valence-corrected chi connectivity index (χ0v) is 30.6. The summed E-state index contributed by atoms with van der Waals surface area (Å²) in [4.78, 5) is 62.8. The number of nitrogens with one attached hydrogen (secondary N) is 3. The molecule has 3 aromatic rings. The van der Waals surface area contributed by atoms with Crippen molar-refractivity contribution in [1.29, 1.82) is 0 Å². The molecule has 3 rings (SSSR count). The number of ether oxygens (including phenoxy) is 4. The molecular weight excluding hydrogens is 721 g/mol. The van der Waals surface area contributed by atoms with Crippen molar-refractivity contribution in [2.24, 2.45) is 0 Å². The van der Waals surface area contributed by atoms with Crippen LogP contribution in [0.3, 0.4) is 0 Å². The molecule has 0 heterocycles. The highest BCUT2D eigenvalue weighted by Gasteiger charge is 2.26. The largest absolute Gasteiger partial charge is 0.508 e. The maximum absolute atomic E-state index is 13.2. The molecule has 0 aliphatic carbocycles. The molecule has 0 unspecified atom stereocenters. The zero-order valence-electron chi connectivity index (χ0n) is 29.0. The number of halogens is 2. The highest BCUT2D eigenvalue weighted by atomic mass is 35.5. The predicted octanol–water partition coefficient (Wildman–Crippen LogP) is 4.84. The van der Waals surface area contributed by atoms with Gasteiger partial charge in [0.05, 0.1) is 35.9 Å². The number of benzene rings is 3. The first kappa shape index (κ1) is 41.4. The Balaban J connectivity index is 1.51. The molecule has 1 atom stereocenters. The predicted molar refractivity (Wildman–Crippen MR) is 191 cm³/mol. The number of hydrogen-bond donors (Lipinski definition) is 5. The monoisotopic (exact) mass is 761 g/mol. The lowest BCUT2D eigenvalue weighted by Gasteiger charge is -2.19. The summed E-state index contributed by atoms with van der Waals surface area (Å²) >= 11 is 12.8. The van der Waals surface area contributed by atoms with Crippen LogP contribution in [0.2, 0.25) is 10.0 Å². The summed E-state index contributed by atoms with van der Waals surface area (Å²) in [6.45, 7) is 6.05. The minimum atomic E-state index is -1.37. The Hall–Kier alpha value is -5.05. The van der Waals surface area contributed by atoms with Gasteiger partial charge in [-0.05, 0) is 69.2 Å². The van der Waals surface area contributed by atoms with Crippen molar-refractivity contribution >= 4 is 52.9 Å². The molecule has 14 nitrogen and oxygen atoms in total. The Kier molecular flexibility index (Phi) is 15.5. The van der Waals surface area contributed by atoms with Crippen LogP contribution in [0.4, 0.5) is 4.79 Å². The average molecular weight is 763 g/mol. The topological polar surface area (TPSA) is 199 Å². The quantitative estimate of drug-likeness (QED) is 0.0717. The molecule has 5 N–H and O–H groups in total. The SMILES string of the molecule is COC(=O)[C@H](CNC(=O)c1cc(O)cc(O)c1)NC(=O)c1c(Cl)cc(C(=O)CCc2cccc(OCCOCCNC(=O)OC(C)(C)C)c2)cc1Cl. The minimum Gasteiger partial charge on any atom is -0.508 e. The van der Waals surface area contributed by atoms with E-state index in [0.717, 1.165) is 30.9 Å². The van der Waals surface area contributed by atoms with Crippen LogP contribution < -0.4 is 20.7 Å². The van der Waals surface area contributed by atoms with Crippen LogP contribution in [0.25, 0.3) is 0 Å². The van der Waals surface area contributed by atoms with E-state index in [1.807, 2.05) is 6.07 Å². The van der Waals surface area contributed by atoms with Gasteiger partial charge >= 0.3 is 12.1 Å². The third-order valence-electron chi connectivity index (χ3n) is 6.96. The Morgan fingerprint density at radius 3 is 2.13 bits per heavy atom. The molecule has 3 amide bonds. The van der Waals surface area contributed by atoms with Gasteiger partial charge in [-0.3, -0.25) is 14.4 Å². The molecule has 0 saturated carbocycles. The lowest BCUT2D eigenvalue weighted by molar-refractivity contribution is -0.142. The van der Waals surface area contributed by atoms with Gasteiger partial charge in [-0.2, -0.15) is 0 Å². The van der Waals surface area contributed by atoms with Crippen LogP contribution in [0, 0.1) is 0 Å². The normalized spacial score (nSPS) is 11.6. The number of Topliss-reactive ketones (excluding diaryl/α,β-unsaturated/α-hetero) is 1. The molecule has 0 fully saturated rings. The zero-order chi connectivity index (χ0) is 38.4. The van der Waals surface area contributed by atoms with Gasteiger partial charge in [-0.15, -0.1) is 0 Å². The molecule has 0 aliphatic rings. The number of phenols is 2. The molecule has 0 aromatic heterocycles. The van der Waals surface area contributed by atoms with E-state index in [1.54, 1.807) is 39.0 Å². The summed E-state index contributed by atoms with van der Waals surface area (Å²) in [5.41, 5.74) is 0.131. The molecule has 0 saturated heterocycles. The van der Waals surface area contributed by atoms with Crippen molar-refractivity contribution in [3.63, 3.8) is 0 Å². The molecule has 16 heteroatoms. The summed E-state index contributed by atoms with van der Waals surface area (Å²) < 4.78 is 21.1. The second kappa shape index (κ2) is 19.5. The van der Waals surface area contributed by atoms with Gasteiger partial charge in [0, 0.05) is 36.7 Å². The van der Waals surface area contributed by atoms with E-state index in [4.69, 9.17) is 42.1 Å². The van der Waals surface area contributed by atoms with E-state index in [2.05, 4.69) is 16.0 Å². The number of carbonyl (C=O) groups is 5. The van der Waals surface area contributed by atoms with E-state index in [-0.39, 0.29) is 63.7 Å². The van der Waals surface area contributed by atoms with Crippen molar-refractivity contribution in [2.45, 2.75) is 45.3 Å². The third kappa shape index (κ3) is 13.6. The second-order valence-electron chi connectivity index (χ2n) is 12.3. The summed E-state index contributed by atoms with van der Waals surface area (Å²) in [6, 6.07) is 11.7. The Bertz CT molecular complexity index is 1720. The van der Waals surface area contributed by atoms with Crippen molar-refractivity contribution in [3.05, 3.63) is 86.9 Å². The van der Waals surface area contributed by atoms with Gasteiger partial charge in [-0.25, -0.2) is 9.59 Å². The average Bonchev–Trinajstić information content (AvgIpc) is 3.06. The van der Waals surface area contributed by atoms with Crippen LogP contribution in [0.5, 0.6) is 17.2 Å². The first-order valence-electron chi connectivity index (χ1n) is 16.0.